The van der Waals surface area contributed by atoms with Crippen LogP contribution in [0.3, 0.4) is 0 Å². The number of hydrogen-bond acceptors (Lipinski definition) is 5. The third kappa shape index (κ3) is 3.16. The second-order valence-electron chi connectivity index (χ2n) is 3.70. The smallest absolute Gasteiger partial charge is 0.249 e. The van der Waals surface area contributed by atoms with Crippen molar-refractivity contribution in [2.75, 3.05) is 26.3 Å². The van der Waals surface area contributed by atoms with Crippen LogP contribution in [-0.4, -0.2) is 60.3 Å². The van der Waals surface area contributed by atoms with Crippen LogP contribution in [-0.2, 0) is 14.3 Å². The molecule has 1 saturated heterocycles. The standard InChI is InChI=1S/C9H17N3O4/c10-1-2-16-5-8(14)12-4-6(13)3-7(12)9(11)15/h6-7,13H,1-5,10H2,(H2,11,15). The zero-order valence-corrected chi connectivity index (χ0v) is 8.96. The van der Waals surface area contributed by atoms with Gasteiger partial charge >= 0.3 is 0 Å². The number of hydrogen-bond donors (Lipinski definition) is 3. The summed E-state index contributed by atoms with van der Waals surface area (Å²) in [5, 5.41) is 9.38. The molecule has 1 aliphatic heterocycles. The number of aliphatic hydroxyl groups excluding tert-OH is 1. The molecule has 92 valence electrons. The summed E-state index contributed by atoms with van der Waals surface area (Å²) in [6, 6.07) is -0.732. The van der Waals surface area contributed by atoms with E-state index in [2.05, 4.69) is 0 Å². The molecular weight excluding hydrogens is 214 g/mol. The molecule has 2 unspecified atom stereocenters. The third-order valence-corrected chi connectivity index (χ3v) is 2.42. The maximum absolute atomic E-state index is 11.6. The Morgan fingerprint density at radius 1 is 1.50 bits per heavy atom. The van der Waals surface area contributed by atoms with E-state index in [-0.39, 0.29) is 32.1 Å². The molecule has 1 fully saturated rings. The average molecular weight is 231 g/mol. The largest absolute Gasteiger partial charge is 0.391 e. The van der Waals surface area contributed by atoms with Crippen LogP contribution in [0.25, 0.3) is 0 Å². The fraction of sp³-hybridized carbons (Fsp3) is 0.778. The summed E-state index contributed by atoms with van der Waals surface area (Å²) in [7, 11) is 0. The van der Waals surface area contributed by atoms with Crippen molar-refractivity contribution in [2.24, 2.45) is 11.5 Å². The highest BCUT2D eigenvalue weighted by molar-refractivity contribution is 5.87. The summed E-state index contributed by atoms with van der Waals surface area (Å²) in [4.78, 5) is 23.9. The molecule has 7 heteroatoms. The van der Waals surface area contributed by atoms with E-state index in [1.54, 1.807) is 0 Å². The van der Waals surface area contributed by atoms with Crippen molar-refractivity contribution in [3.05, 3.63) is 0 Å². The van der Waals surface area contributed by atoms with E-state index in [0.717, 1.165) is 0 Å². The topological polar surface area (TPSA) is 119 Å². The van der Waals surface area contributed by atoms with Gasteiger partial charge in [0, 0.05) is 19.5 Å². The SMILES string of the molecule is NCCOCC(=O)N1CC(O)CC1C(N)=O. The highest BCUT2D eigenvalue weighted by atomic mass is 16.5. The van der Waals surface area contributed by atoms with Crippen LogP contribution in [0.2, 0.25) is 0 Å². The van der Waals surface area contributed by atoms with Crippen LogP contribution in [0.1, 0.15) is 6.42 Å². The molecule has 0 aromatic rings. The van der Waals surface area contributed by atoms with Crippen molar-refractivity contribution in [1.29, 1.82) is 0 Å². The number of β-amino-alcohol motifs (C(OH)–C–C–N with tert-alkyl or cyclic N) is 1. The zero-order chi connectivity index (χ0) is 12.1. The van der Waals surface area contributed by atoms with Crippen LogP contribution in [0.15, 0.2) is 0 Å². The molecule has 1 aliphatic rings. The molecule has 2 amide bonds. The lowest BCUT2D eigenvalue weighted by atomic mass is 10.2. The molecule has 1 heterocycles. The number of ether oxygens (including phenoxy) is 1. The monoisotopic (exact) mass is 231 g/mol. The maximum Gasteiger partial charge on any atom is 0.249 e. The van der Waals surface area contributed by atoms with E-state index < -0.39 is 18.1 Å². The van der Waals surface area contributed by atoms with Crippen molar-refractivity contribution in [2.45, 2.75) is 18.6 Å². The van der Waals surface area contributed by atoms with Gasteiger partial charge in [-0.1, -0.05) is 0 Å². The van der Waals surface area contributed by atoms with E-state index in [1.165, 1.54) is 4.90 Å². The van der Waals surface area contributed by atoms with Crippen molar-refractivity contribution in [3.8, 4) is 0 Å². The number of rotatable bonds is 5. The van der Waals surface area contributed by atoms with Crippen molar-refractivity contribution in [1.82, 2.24) is 4.90 Å². The third-order valence-electron chi connectivity index (χ3n) is 2.42. The van der Waals surface area contributed by atoms with Crippen molar-refractivity contribution < 1.29 is 19.4 Å². The summed E-state index contributed by atoms with van der Waals surface area (Å²) in [6.07, 6.45) is -0.506. The fourth-order valence-electron chi connectivity index (χ4n) is 1.68. The molecule has 0 spiro atoms. The molecule has 7 nitrogen and oxygen atoms in total. The van der Waals surface area contributed by atoms with Gasteiger partial charge in [0.2, 0.25) is 11.8 Å². The molecule has 16 heavy (non-hydrogen) atoms. The molecule has 0 aromatic carbocycles. The number of likely N-dealkylation sites (tertiary alicyclic amines) is 1. The van der Waals surface area contributed by atoms with Crippen molar-refractivity contribution >= 4 is 11.8 Å². The summed E-state index contributed by atoms with van der Waals surface area (Å²) in [5.74, 6) is -0.961. The minimum Gasteiger partial charge on any atom is -0.391 e. The number of amides is 2. The minimum absolute atomic E-state index is 0.123. The van der Waals surface area contributed by atoms with Gasteiger partial charge in [0.05, 0.1) is 12.7 Å². The molecule has 0 aromatic heterocycles. The van der Waals surface area contributed by atoms with E-state index in [1.807, 2.05) is 0 Å². The highest BCUT2D eigenvalue weighted by Crippen LogP contribution is 2.17. The van der Waals surface area contributed by atoms with E-state index >= 15 is 0 Å². The number of nitrogens with zero attached hydrogens (tertiary/aromatic N) is 1. The molecule has 0 bridgehead atoms. The Hall–Kier alpha value is -1.18. The molecule has 1 rings (SSSR count). The first-order chi connectivity index (χ1) is 7.56. The second kappa shape index (κ2) is 5.78. The highest BCUT2D eigenvalue weighted by Gasteiger charge is 2.37. The summed E-state index contributed by atoms with van der Waals surface area (Å²) in [5.41, 5.74) is 10.3. The Bertz CT molecular complexity index is 271. The van der Waals surface area contributed by atoms with Gasteiger partial charge in [-0.3, -0.25) is 9.59 Å². The lowest BCUT2D eigenvalue weighted by Gasteiger charge is -2.21. The van der Waals surface area contributed by atoms with Gasteiger partial charge in [0.15, 0.2) is 0 Å². The molecule has 2 atom stereocenters. The van der Waals surface area contributed by atoms with Crippen LogP contribution >= 0.6 is 0 Å². The minimum atomic E-state index is -0.732. The molecular formula is C9H17N3O4. The predicted octanol–water partition coefficient (Wildman–Crippen LogP) is -2.59. The Morgan fingerprint density at radius 2 is 2.19 bits per heavy atom. The van der Waals surface area contributed by atoms with Gasteiger partial charge in [-0.25, -0.2) is 0 Å². The van der Waals surface area contributed by atoms with Crippen LogP contribution in [0.4, 0.5) is 0 Å². The Kier molecular flexibility index (Phi) is 4.66. The number of carbonyl (C=O) groups excluding carboxylic acids is 2. The average Bonchev–Trinajstić information content (AvgIpc) is 2.61. The van der Waals surface area contributed by atoms with Gasteiger partial charge in [0.25, 0.3) is 0 Å². The quantitative estimate of drug-likeness (QED) is 0.448. The molecule has 0 radical (unpaired) electrons. The first-order valence-electron chi connectivity index (χ1n) is 5.11. The fourth-order valence-corrected chi connectivity index (χ4v) is 1.68. The number of nitrogens with two attached hydrogens (primary N) is 2. The lowest BCUT2D eigenvalue weighted by Crippen LogP contribution is -2.45. The van der Waals surface area contributed by atoms with Crippen LogP contribution < -0.4 is 11.5 Å². The summed E-state index contributed by atoms with van der Waals surface area (Å²) >= 11 is 0. The van der Waals surface area contributed by atoms with Gasteiger partial charge in [0.1, 0.15) is 12.6 Å². The normalized spacial score (nSPS) is 24.8. The Balaban J connectivity index is 2.50. The first-order valence-corrected chi connectivity index (χ1v) is 5.11. The molecule has 0 aliphatic carbocycles. The van der Waals surface area contributed by atoms with Crippen molar-refractivity contribution in [3.63, 3.8) is 0 Å². The summed E-state index contributed by atoms with van der Waals surface area (Å²) in [6.45, 7) is 0.588. The Morgan fingerprint density at radius 3 is 2.75 bits per heavy atom. The molecule has 0 saturated carbocycles. The van der Waals surface area contributed by atoms with Crippen LogP contribution in [0, 0.1) is 0 Å². The maximum atomic E-state index is 11.6. The number of aliphatic hydroxyl groups is 1. The lowest BCUT2D eigenvalue weighted by molar-refractivity contribution is -0.141. The second-order valence-corrected chi connectivity index (χ2v) is 3.70. The van der Waals surface area contributed by atoms with E-state index in [0.29, 0.717) is 6.54 Å². The first kappa shape index (κ1) is 12.9. The zero-order valence-electron chi connectivity index (χ0n) is 8.96. The van der Waals surface area contributed by atoms with Gasteiger partial charge in [-0.05, 0) is 0 Å². The number of carbonyl (C=O) groups is 2. The predicted molar refractivity (Wildman–Crippen MR) is 55.2 cm³/mol. The van der Waals surface area contributed by atoms with E-state index in [4.69, 9.17) is 16.2 Å². The van der Waals surface area contributed by atoms with Gasteiger partial charge < -0.3 is 26.2 Å². The van der Waals surface area contributed by atoms with Gasteiger partial charge in [-0.2, -0.15) is 0 Å². The Labute approximate surface area is 93.3 Å². The van der Waals surface area contributed by atoms with Crippen LogP contribution in [0.5, 0.6) is 0 Å². The van der Waals surface area contributed by atoms with E-state index in [9.17, 15) is 14.7 Å². The summed E-state index contributed by atoms with van der Waals surface area (Å²) < 4.78 is 4.97. The molecule has 5 N–H and O–H groups in total. The van der Waals surface area contributed by atoms with Gasteiger partial charge in [-0.15, -0.1) is 0 Å². The number of primary amides is 1.